The normalized spacial score (nSPS) is 9.32. The average molecular weight is 393 g/mol. The number of hydrogen-bond donors (Lipinski definition) is 0. The van der Waals surface area contributed by atoms with Crippen molar-refractivity contribution in [2.45, 2.75) is 0 Å². The SMILES string of the molecule is C=O.[Ru].c1ccc(P(c2ccccc2)c2ccccc2)cc1. The second-order valence-electron chi connectivity index (χ2n) is 4.34. The van der Waals surface area contributed by atoms with Crippen LogP contribution in [0.25, 0.3) is 0 Å². The third kappa shape index (κ3) is 4.70. The topological polar surface area (TPSA) is 17.1 Å². The summed E-state index contributed by atoms with van der Waals surface area (Å²) in [4.78, 5) is 8.00. The first-order chi connectivity index (χ1) is 10.4. The van der Waals surface area contributed by atoms with Crippen LogP contribution in [0.15, 0.2) is 91.0 Å². The van der Waals surface area contributed by atoms with Gasteiger partial charge in [-0.25, -0.2) is 0 Å². The van der Waals surface area contributed by atoms with Crippen LogP contribution in [0.1, 0.15) is 0 Å². The summed E-state index contributed by atoms with van der Waals surface area (Å²) in [5.41, 5.74) is 0. The minimum atomic E-state index is -0.446. The molecule has 3 aromatic rings. The monoisotopic (exact) mass is 394 g/mol. The first-order valence-electron chi connectivity index (χ1n) is 6.69. The summed E-state index contributed by atoms with van der Waals surface area (Å²) in [6.45, 7) is 2.00. The molecule has 112 valence electrons. The number of carbonyl (C=O) groups excluding carboxylic acids is 1. The zero-order valence-electron chi connectivity index (χ0n) is 12.1. The Balaban J connectivity index is 0.000000775. The van der Waals surface area contributed by atoms with E-state index in [9.17, 15) is 0 Å². The van der Waals surface area contributed by atoms with Crippen LogP contribution in [0, 0.1) is 0 Å². The Bertz CT molecular complexity index is 550. The summed E-state index contributed by atoms with van der Waals surface area (Å²) >= 11 is 0. The van der Waals surface area contributed by atoms with E-state index < -0.39 is 7.92 Å². The van der Waals surface area contributed by atoms with Gasteiger partial charge in [0.1, 0.15) is 6.79 Å². The van der Waals surface area contributed by atoms with E-state index >= 15 is 0 Å². The van der Waals surface area contributed by atoms with Gasteiger partial charge in [0.15, 0.2) is 0 Å². The maximum atomic E-state index is 8.00. The van der Waals surface area contributed by atoms with Gasteiger partial charge in [-0.3, -0.25) is 0 Å². The molecule has 0 fully saturated rings. The van der Waals surface area contributed by atoms with Crippen molar-refractivity contribution in [3.63, 3.8) is 0 Å². The van der Waals surface area contributed by atoms with Crippen LogP contribution in [0.5, 0.6) is 0 Å². The average Bonchev–Trinajstić information content (AvgIpc) is 2.60. The molecule has 0 aromatic heterocycles. The van der Waals surface area contributed by atoms with Crippen LogP contribution in [-0.4, -0.2) is 6.79 Å². The van der Waals surface area contributed by atoms with Crippen LogP contribution in [-0.2, 0) is 24.3 Å². The van der Waals surface area contributed by atoms with Crippen molar-refractivity contribution in [2.75, 3.05) is 0 Å². The molecule has 0 N–H and O–H groups in total. The summed E-state index contributed by atoms with van der Waals surface area (Å²) in [6.07, 6.45) is 0. The quantitative estimate of drug-likeness (QED) is 0.493. The molecule has 0 aliphatic rings. The van der Waals surface area contributed by atoms with E-state index in [0.717, 1.165) is 0 Å². The summed E-state index contributed by atoms with van der Waals surface area (Å²) in [6, 6.07) is 32.3. The van der Waals surface area contributed by atoms with Gasteiger partial charge < -0.3 is 4.79 Å². The van der Waals surface area contributed by atoms with Crippen molar-refractivity contribution in [3.05, 3.63) is 91.0 Å². The van der Waals surface area contributed by atoms with Crippen LogP contribution in [0.4, 0.5) is 0 Å². The van der Waals surface area contributed by atoms with Crippen molar-refractivity contribution in [3.8, 4) is 0 Å². The van der Waals surface area contributed by atoms with Gasteiger partial charge in [0.05, 0.1) is 0 Å². The minimum absolute atomic E-state index is 0. The van der Waals surface area contributed by atoms with Gasteiger partial charge >= 0.3 is 0 Å². The largest absolute Gasteiger partial charge is 0.307 e. The van der Waals surface area contributed by atoms with Crippen molar-refractivity contribution in [1.82, 2.24) is 0 Å². The van der Waals surface area contributed by atoms with E-state index in [1.54, 1.807) is 0 Å². The molecule has 1 nitrogen and oxygen atoms in total. The summed E-state index contributed by atoms with van der Waals surface area (Å²) in [7, 11) is -0.446. The molecule has 3 heteroatoms. The molecule has 0 radical (unpaired) electrons. The molecule has 0 saturated carbocycles. The third-order valence-corrected chi connectivity index (χ3v) is 5.49. The minimum Gasteiger partial charge on any atom is -0.307 e. The van der Waals surface area contributed by atoms with Crippen molar-refractivity contribution in [1.29, 1.82) is 0 Å². The van der Waals surface area contributed by atoms with Crippen molar-refractivity contribution in [2.24, 2.45) is 0 Å². The molecule has 0 atom stereocenters. The Hall–Kier alpha value is -1.62. The number of carbonyl (C=O) groups is 1. The van der Waals surface area contributed by atoms with Gasteiger partial charge in [0.2, 0.25) is 0 Å². The first kappa shape index (κ1) is 18.4. The fourth-order valence-electron chi connectivity index (χ4n) is 2.18. The Labute approximate surface area is 145 Å². The third-order valence-electron chi connectivity index (χ3n) is 3.04. The van der Waals surface area contributed by atoms with E-state index in [4.69, 9.17) is 4.79 Å². The summed E-state index contributed by atoms with van der Waals surface area (Å²) in [5, 5.41) is 4.19. The van der Waals surface area contributed by atoms with E-state index in [-0.39, 0.29) is 19.5 Å². The predicted molar refractivity (Wildman–Crippen MR) is 92.3 cm³/mol. The van der Waals surface area contributed by atoms with Gasteiger partial charge in [-0.15, -0.1) is 0 Å². The Kier molecular flexibility index (Phi) is 8.52. The standard InChI is InChI=1S/C18H15P.CH2O.Ru/c1-4-10-16(11-5-1)19(17-12-6-2-7-13-17)18-14-8-3-9-15-18;1-2;/h1-15H;1H2;. The van der Waals surface area contributed by atoms with Gasteiger partial charge in [-0.1, -0.05) is 91.0 Å². The Morgan fingerprint density at radius 1 is 0.500 bits per heavy atom. The summed E-state index contributed by atoms with van der Waals surface area (Å²) in [5.74, 6) is 0. The fraction of sp³-hybridized carbons (Fsp3) is 0. The van der Waals surface area contributed by atoms with Crippen molar-refractivity contribution < 1.29 is 24.3 Å². The maximum absolute atomic E-state index is 8.00. The second kappa shape index (κ2) is 10.2. The number of benzene rings is 3. The molecule has 3 rings (SSSR count). The van der Waals surface area contributed by atoms with E-state index in [0.29, 0.717) is 0 Å². The molecule has 0 heterocycles. The first-order valence-corrected chi connectivity index (χ1v) is 8.03. The van der Waals surface area contributed by atoms with Gasteiger partial charge in [0, 0.05) is 19.5 Å². The molecule has 0 aliphatic heterocycles. The predicted octanol–water partition coefficient (Wildman–Crippen LogP) is 3.26. The molecule has 0 spiro atoms. The van der Waals surface area contributed by atoms with Crippen LogP contribution >= 0.6 is 7.92 Å². The van der Waals surface area contributed by atoms with Gasteiger partial charge in [0.25, 0.3) is 0 Å². The molecule has 22 heavy (non-hydrogen) atoms. The molecule has 0 aliphatic carbocycles. The van der Waals surface area contributed by atoms with Crippen LogP contribution in [0.3, 0.4) is 0 Å². The molecule has 0 unspecified atom stereocenters. The Morgan fingerprint density at radius 2 is 0.727 bits per heavy atom. The van der Waals surface area contributed by atoms with Crippen LogP contribution in [0.2, 0.25) is 0 Å². The molecular formula is C19H17OPRu. The fourth-order valence-corrected chi connectivity index (χ4v) is 4.48. The smallest absolute Gasteiger partial charge is 0.106 e. The summed E-state index contributed by atoms with van der Waals surface area (Å²) < 4.78 is 0. The van der Waals surface area contributed by atoms with Gasteiger partial charge in [-0.2, -0.15) is 0 Å². The zero-order chi connectivity index (χ0) is 14.9. The van der Waals surface area contributed by atoms with E-state index in [1.807, 2.05) is 6.79 Å². The molecule has 3 aromatic carbocycles. The molecule has 0 amide bonds. The maximum Gasteiger partial charge on any atom is 0.106 e. The van der Waals surface area contributed by atoms with E-state index in [2.05, 4.69) is 91.0 Å². The second-order valence-corrected chi connectivity index (χ2v) is 6.56. The molecular weight excluding hydrogens is 376 g/mol. The molecule has 0 saturated heterocycles. The van der Waals surface area contributed by atoms with E-state index in [1.165, 1.54) is 15.9 Å². The number of rotatable bonds is 3. The van der Waals surface area contributed by atoms with Crippen molar-refractivity contribution >= 4 is 30.6 Å². The zero-order valence-corrected chi connectivity index (χ0v) is 14.7. The van der Waals surface area contributed by atoms with Gasteiger partial charge in [-0.05, 0) is 23.8 Å². The Morgan fingerprint density at radius 3 is 0.955 bits per heavy atom. The number of hydrogen-bond acceptors (Lipinski definition) is 1. The van der Waals surface area contributed by atoms with Crippen LogP contribution < -0.4 is 15.9 Å². The molecule has 0 bridgehead atoms.